The maximum absolute atomic E-state index is 12.6. The maximum Gasteiger partial charge on any atom is 0.322 e. The van der Waals surface area contributed by atoms with Crippen LogP contribution in [-0.2, 0) is 13.0 Å². The second-order valence-electron chi connectivity index (χ2n) is 6.81. The molecule has 0 saturated heterocycles. The van der Waals surface area contributed by atoms with E-state index in [1.807, 2.05) is 61.7 Å². The first-order valence-electron chi connectivity index (χ1n) is 9.25. The molecule has 0 aliphatic carbocycles. The van der Waals surface area contributed by atoms with Gasteiger partial charge in [0.05, 0.1) is 19.3 Å². The number of benzene rings is 2. The van der Waals surface area contributed by atoms with E-state index in [0.29, 0.717) is 25.3 Å². The number of nitrogens with zero attached hydrogens (tertiary/aromatic N) is 3. The Bertz CT molecular complexity index is 1000. The van der Waals surface area contributed by atoms with Gasteiger partial charge < -0.3 is 15.0 Å². The lowest BCUT2D eigenvalue weighted by molar-refractivity contribution is 0.206. The molecular formula is C22H22N4O2. The summed E-state index contributed by atoms with van der Waals surface area (Å²) in [5, 5.41) is 2.99. The number of urea groups is 1. The lowest BCUT2D eigenvalue weighted by Crippen LogP contribution is -2.39. The first kappa shape index (κ1) is 18.0. The van der Waals surface area contributed by atoms with Crippen LogP contribution in [0.5, 0.6) is 5.75 Å². The van der Waals surface area contributed by atoms with Crippen molar-refractivity contribution in [3.8, 4) is 17.1 Å². The highest BCUT2D eigenvalue weighted by atomic mass is 16.5. The molecule has 0 bridgehead atoms. The summed E-state index contributed by atoms with van der Waals surface area (Å²) < 4.78 is 5.20. The van der Waals surface area contributed by atoms with Gasteiger partial charge in [-0.2, -0.15) is 0 Å². The maximum atomic E-state index is 12.6. The highest BCUT2D eigenvalue weighted by molar-refractivity contribution is 5.90. The summed E-state index contributed by atoms with van der Waals surface area (Å²) in [6.45, 7) is 3.12. The molecule has 28 heavy (non-hydrogen) atoms. The molecule has 0 fully saturated rings. The van der Waals surface area contributed by atoms with E-state index in [0.717, 1.165) is 33.8 Å². The van der Waals surface area contributed by atoms with Crippen molar-refractivity contribution in [1.82, 2.24) is 14.9 Å². The average Bonchev–Trinajstić information content (AvgIpc) is 2.74. The summed E-state index contributed by atoms with van der Waals surface area (Å²) in [6.07, 6.45) is 2.54. The van der Waals surface area contributed by atoms with Crippen molar-refractivity contribution in [3.05, 3.63) is 71.5 Å². The number of rotatable bonds is 3. The molecule has 1 aromatic heterocycles. The largest absolute Gasteiger partial charge is 0.497 e. The van der Waals surface area contributed by atoms with Gasteiger partial charge >= 0.3 is 6.03 Å². The van der Waals surface area contributed by atoms with E-state index in [-0.39, 0.29) is 6.03 Å². The van der Waals surface area contributed by atoms with E-state index in [4.69, 9.17) is 9.72 Å². The van der Waals surface area contributed by atoms with Gasteiger partial charge in [0.1, 0.15) is 5.75 Å². The van der Waals surface area contributed by atoms with Crippen LogP contribution in [0, 0.1) is 6.92 Å². The number of hydrogen-bond acceptors (Lipinski definition) is 4. The molecular weight excluding hydrogens is 352 g/mol. The van der Waals surface area contributed by atoms with Crippen molar-refractivity contribution in [2.24, 2.45) is 0 Å². The highest BCUT2D eigenvalue weighted by Gasteiger charge is 2.23. The molecule has 2 heterocycles. The first-order chi connectivity index (χ1) is 13.6. The van der Waals surface area contributed by atoms with Crippen molar-refractivity contribution in [2.45, 2.75) is 19.9 Å². The van der Waals surface area contributed by atoms with E-state index in [9.17, 15) is 4.79 Å². The number of anilines is 1. The Labute approximate surface area is 164 Å². The first-order valence-corrected chi connectivity index (χ1v) is 9.25. The summed E-state index contributed by atoms with van der Waals surface area (Å²) >= 11 is 0. The third kappa shape index (κ3) is 3.67. The van der Waals surface area contributed by atoms with Gasteiger partial charge in [-0.05, 0) is 42.8 Å². The van der Waals surface area contributed by atoms with Gasteiger partial charge in [-0.1, -0.05) is 18.2 Å². The molecule has 1 N–H and O–H groups in total. The predicted molar refractivity (Wildman–Crippen MR) is 108 cm³/mol. The van der Waals surface area contributed by atoms with Crippen LogP contribution in [0.3, 0.4) is 0 Å². The monoisotopic (exact) mass is 374 g/mol. The Morgan fingerprint density at radius 2 is 1.93 bits per heavy atom. The zero-order chi connectivity index (χ0) is 19.5. The number of methoxy groups -OCH3 is 1. The number of carbonyl (C=O) groups is 1. The zero-order valence-electron chi connectivity index (χ0n) is 16.0. The molecule has 0 radical (unpaired) electrons. The third-order valence-corrected chi connectivity index (χ3v) is 4.96. The standard InChI is InChI=1S/C22H22N4O2/c1-15-5-3-4-6-19(15)25-22(27)26-12-11-20-17(14-26)13-23-21(24-20)16-7-9-18(28-2)10-8-16/h3-10,13H,11-12,14H2,1-2H3,(H,25,27). The third-order valence-electron chi connectivity index (χ3n) is 4.96. The molecule has 0 spiro atoms. The van der Waals surface area contributed by atoms with E-state index in [1.54, 1.807) is 12.0 Å². The summed E-state index contributed by atoms with van der Waals surface area (Å²) in [5.74, 6) is 1.50. The zero-order valence-corrected chi connectivity index (χ0v) is 16.0. The number of para-hydroxylation sites is 1. The molecule has 142 valence electrons. The molecule has 1 aliphatic heterocycles. The second-order valence-corrected chi connectivity index (χ2v) is 6.81. The lowest BCUT2D eigenvalue weighted by Gasteiger charge is -2.28. The average molecular weight is 374 g/mol. The van der Waals surface area contributed by atoms with Gasteiger partial charge in [0.15, 0.2) is 5.82 Å². The number of hydrogen-bond donors (Lipinski definition) is 1. The van der Waals surface area contributed by atoms with E-state index in [2.05, 4.69) is 10.3 Å². The van der Waals surface area contributed by atoms with Crippen LogP contribution in [-0.4, -0.2) is 34.6 Å². The molecule has 2 aromatic carbocycles. The molecule has 4 rings (SSSR count). The highest BCUT2D eigenvalue weighted by Crippen LogP contribution is 2.23. The lowest BCUT2D eigenvalue weighted by atomic mass is 10.1. The molecule has 6 nitrogen and oxygen atoms in total. The van der Waals surface area contributed by atoms with Gasteiger partial charge in [-0.15, -0.1) is 0 Å². The number of fused-ring (bicyclic) bond motifs is 1. The smallest absolute Gasteiger partial charge is 0.322 e. The van der Waals surface area contributed by atoms with Crippen LogP contribution in [0.25, 0.3) is 11.4 Å². The van der Waals surface area contributed by atoms with Crippen molar-refractivity contribution in [2.75, 3.05) is 19.0 Å². The number of aromatic nitrogens is 2. The van der Waals surface area contributed by atoms with Gasteiger partial charge in [0.25, 0.3) is 0 Å². The minimum atomic E-state index is -0.0980. The number of ether oxygens (including phenoxy) is 1. The number of carbonyl (C=O) groups excluding carboxylic acids is 1. The van der Waals surface area contributed by atoms with Crippen LogP contribution in [0.15, 0.2) is 54.7 Å². The van der Waals surface area contributed by atoms with Crippen molar-refractivity contribution in [1.29, 1.82) is 0 Å². The van der Waals surface area contributed by atoms with Crippen LogP contribution >= 0.6 is 0 Å². The Kier molecular flexibility index (Phi) is 4.93. The van der Waals surface area contributed by atoms with Crippen LogP contribution < -0.4 is 10.1 Å². The quantitative estimate of drug-likeness (QED) is 0.751. The predicted octanol–water partition coefficient (Wildman–Crippen LogP) is 4.05. The fourth-order valence-electron chi connectivity index (χ4n) is 3.28. The topological polar surface area (TPSA) is 67.4 Å². The van der Waals surface area contributed by atoms with E-state index >= 15 is 0 Å². The SMILES string of the molecule is COc1ccc(-c2ncc3c(n2)CCN(C(=O)Nc2ccccc2C)C3)cc1. The van der Waals surface area contributed by atoms with Crippen molar-refractivity contribution < 1.29 is 9.53 Å². The minimum Gasteiger partial charge on any atom is -0.497 e. The summed E-state index contributed by atoms with van der Waals surface area (Å²) in [4.78, 5) is 23.7. The molecule has 6 heteroatoms. The van der Waals surface area contributed by atoms with Crippen molar-refractivity contribution in [3.63, 3.8) is 0 Å². The summed E-state index contributed by atoms with van der Waals surface area (Å²) in [6, 6.07) is 15.4. The van der Waals surface area contributed by atoms with Gasteiger partial charge in [0, 0.05) is 36.0 Å². The van der Waals surface area contributed by atoms with Crippen LogP contribution in [0.1, 0.15) is 16.8 Å². The Morgan fingerprint density at radius 3 is 2.68 bits per heavy atom. The Morgan fingerprint density at radius 1 is 1.14 bits per heavy atom. The summed E-state index contributed by atoms with van der Waals surface area (Å²) in [7, 11) is 1.64. The number of amides is 2. The molecule has 3 aromatic rings. The Hall–Kier alpha value is -3.41. The van der Waals surface area contributed by atoms with Crippen LogP contribution in [0.4, 0.5) is 10.5 Å². The molecule has 0 atom stereocenters. The summed E-state index contributed by atoms with van der Waals surface area (Å²) in [5.41, 5.74) is 4.82. The molecule has 1 aliphatic rings. The minimum absolute atomic E-state index is 0.0980. The van der Waals surface area contributed by atoms with Crippen molar-refractivity contribution >= 4 is 11.7 Å². The van der Waals surface area contributed by atoms with Gasteiger partial charge in [0.2, 0.25) is 0 Å². The molecule has 0 unspecified atom stereocenters. The van der Waals surface area contributed by atoms with E-state index in [1.165, 1.54) is 0 Å². The molecule has 2 amide bonds. The van der Waals surface area contributed by atoms with Gasteiger partial charge in [-0.25, -0.2) is 14.8 Å². The van der Waals surface area contributed by atoms with Crippen LogP contribution in [0.2, 0.25) is 0 Å². The number of nitrogens with one attached hydrogen (secondary N) is 1. The fourth-order valence-corrected chi connectivity index (χ4v) is 3.28. The fraction of sp³-hybridized carbons (Fsp3) is 0.227. The normalized spacial score (nSPS) is 13.0. The Balaban J connectivity index is 1.48. The second kappa shape index (κ2) is 7.68. The van der Waals surface area contributed by atoms with Gasteiger partial charge in [-0.3, -0.25) is 0 Å². The number of aryl methyl sites for hydroxylation is 1. The van der Waals surface area contributed by atoms with E-state index < -0.39 is 0 Å². The molecule has 0 saturated carbocycles.